The van der Waals surface area contributed by atoms with Crippen molar-refractivity contribution in [1.82, 2.24) is 0 Å². The van der Waals surface area contributed by atoms with Crippen molar-refractivity contribution in [3.05, 3.63) is 35.5 Å². The molecule has 6 atom stereocenters. The summed E-state index contributed by atoms with van der Waals surface area (Å²) in [6.07, 6.45) is 16.4. The van der Waals surface area contributed by atoms with Gasteiger partial charge in [-0.15, -0.1) is 0 Å². The van der Waals surface area contributed by atoms with Gasteiger partial charge in [0, 0.05) is 0 Å². The molecule has 33 heavy (non-hydrogen) atoms. The molecule has 0 aromatic rings. The largest absolute Gasteiger partial charge is 0.393 e. The lowest BCUT2D eigenvalue weighted by Crippen LogP contribution is -2.39. The fourth-order valence-corrected chi connectivity index (χ4v) is 7.62. The summed E-state index contributed by atoms with van der Waals surface area (Å²) >= 11 is 0. The Balaban J connectivity index is 1.50. The number of rotatable bonds is 6. The first-order valence-corrected chi connectivity index (χ1v) is 13.1. The molecule has 0 unspecified atom stereocenters. The van der Waals surface area contributed by atoms with Gasteiger partial charge in [0.2, 0.25) is 0 Å². The average molecular weight is 457 g/mol. The minimum atomic E-state index is -0.672. The van der Waals surface area contributed by atoms with Gasteiger partial charge in [0.25, 0.3) is 0 Å². The van der Waals surface area contributed by atoms with E-state index in [1.165, 1.54) is 31.3 Å². The fraction of sp³-hybridized carbons (Fsp3) is 0.759. The molecule has 184 valence electrons. The first-order chi connectivity index (χ1) is 15.5. The summed E-state index contributed by atoms with van der Waals surface area (Å²) in [6.45, 7) is 8.67. The van der Waals surface area contributed by atoms with Gasteiger partial charge in [-0.3, -0.25) is 4.79 Å². The van der Waals surface area contributed by atoms with Crippen LogP contribution in [0.5, 0.6) is 0 Å². The summed E-state index contributed by atoms with van der Waals surface area (Å²) in [4.78, 5) is 12.0. The molecule has 4 saturated carbocycles. The average Bonchev–Trinajstić information content (AvgIpc) is 3.46. The van der Waals surface area contributed by atoms with Crippen LogP contribution in [-0.4, -0.2) is 39.4 Å². The molecule has 3 N–H and O–H groups in total. The molecule has 4 aliphatic carbocycles. The molecule has 0 aliphatic heterocycles. The lowest BCUT2D eigenvalue weighted by molar-refractivity contribution is -0.124. The maximum atomic E-state index is 12.0. The Kier molecular flexibility index (Phi) is 6.85. The Bertz CT molecular complexity index is 834. The zero-order chi connectivity index (χ0) is 24.0. The van der Waals surface area contributed by atoms with E-state index >= 15 is 0 Å². The fourth-order valence-electron chi connectivity index (χ4n) is 7.62. The Morgan fingerprint density at radius 1 is 1.09 bits per heavy atom. The van der Waals surface area contributed by atoms with E-state index in [2.05, 4.69) is 39.0 Å². The number of Topliss-reactive ketones (excluding diaryl/α,β-unsaturated/α-hetero) is 1. The molecule has 4 heteroatoms. The van der Waals surface area contributed by atoms with Gasteiger partial charge >= 0.3 is 0 Å². The predicted octanol–water partition coefficient (Wildman–Crippen LogP) is 5.27. The van der Waals surface area contributed by atoms with Gasteiger partial charge in [-0.05, 0) is 93.8 Å². The summed E-state index contributed by atoms with van der Waals surface area (Å²) in [7, 11) is 0. The SMILES string of the molecule is CC(=O)C1([C@H](O)/C=C/C(C)(C)[C@H]2CC[C@H]3/C(=C/C=C4C[C@@H](O)C[C@H](O)C4)CCC[C@]23C)CC1. The Labute approximate surface area is 199 Å². The molecule has 0 amide bonds. The van der Waals surface area contributed by atoms with Crippen molar-refractivity contribution in [3.63, 3.8) is 0 Å². The van der Waals surface area contributed by atoms with Gasteiger partial charge in [0.1, 0.15) is 5.78 Å². The lowest BCUT2D eigenvalue weighted by Gasteiger charge is -2.47. The highest BCUT2D eigenvalue weighted by molar-refractivity contribution is 5.86. The third-order valence-electron chi connectivity index (χ3n) is 9.70. The molecule has 4 rings (SSSR count). The third kappa shape index (κ3) is 4.81. The van der Waals surface area contributed by atoms with Crippen molar-refractivity contribution in [2.75, 3.05) is 0 Å². The highest BCUT2D eigenvalue weighted by Gasteiger charge is 2.54. The monoisotopic (exact) mass is 456 g/mol. The van der Waals surface area contributed by atoms with Crippen LogP contribution in [0.15, 0.2) is 35.5 Å². The maximum Gasteiger partial charge on any atom is 0.138 e. The summed E-state index contributed by atoms with van der Waals surface area (Å²) in [6, 6.07) is 0. The molecule has 0 aromatic carbocycles. The second-order valence-corrected chi connectivity index (χ2v) is 12.4. The van der Waals surface area contributed by atoms with Crippen LogP contribution >= 0.6 is 0 Å². The molecule has 0 spiro atoms. The van der Waals surface area contributed by atoms with E-state index in [0.717, 1.165) is 24.8 Å². The maximum absolute atomic E-state index is 12.0. The van der Waals surface area contributed by atoms with Crippen LogP contribution in [0.4, 0.5) is 0 Å². The van der Waals surface area contributed by atoms with E-state index < -0.39 is 23.7 Å². The van der Waals surface area contributed by atoms with Crippen molar-refractivity contribution >= 4 is 5.78 Å². The topological polar surface area (TPSA) is 77.8 Å². The zero-order valence-corrected chi connectivity index (χ0v) is 21.0. The van der Waals surface area contributed by atoms with Crippen molar-refractivity contribution < 1.29 is 20.1 Å². The number of allylic oxidation sites excluding steroid dienone is 4. The lowest BCUT2D eigenvalue weighted by atomic mass is 9.57. The highest BCUT2D eigenvalue weighted by Crippen LogP contribution is 2.62. The summed E-state index contributed by atoms with van der Waals surface area (Å²) < 4.78 is 0. The van der Waals surface area contributed by atoms with Gasteiger partial charge in [-0.1, -0.05) is 56.2 Å². The minimum absolute atomic E-state index is 0.0458. The van der Waals surface area contributed by atoms with Crippen molar-refractivity contribution in [2.45, 2.75) is 110 Å². The van der Waals surface area contributed by atoms with Gasteiger partial charge in [-0.25, -0.2) is 0 Å². The van der Waals surface area contributed by atoms with Crippen LogP contribution in [-0.2, 0) is 4.79 Å². The predicted molar refractivity (Wildman–Crippen MR) is 131 cm³/mol. The molecule has 0 aromatic heterocycles. The van der Waals surface area contributed by atoms with Gasteiger partial charge in [0.05, 0.1) is 23.7 Å². The van der Waals surface area contributed by atoms with E-state index in [4.69, 9.17) is 0 Å². The first-order valence-electron chi connectivity index (χ1n) is 13.1. The smallest absolute Gasteiger partial charge is 0.138 e. The van der Waals surface area contributed by atoms with Crippen molar-refractivity contribution in [1.29, 1.82) is 0 Å². The van der Waals surface area contributed by atoms with E-state index in [9.17, 15) is 20.1 Å². The number of aliphatic hydroxyl groups is 3. The highest BCUT2D eigenvalue weighted by atomic mass is 16.3. The normalized spacial score (nSPS) is 38.4. The van der Waals surface area contributed by atoms with E-state index in [-0.39, 0.29) is 16.6 Å². The molecule has 4 nitrogen and oxygen atoms in total. The molecule has 0 saturated heterocycles. The molecule has 0 radical (unpaired) electrons. The van der Waals surface area contributed by atoms with Crippen LogP contribution in [0.25, 0.3) is 0 Å². The molecular weight excluding hydrogens is 412 g/mol. The van der Waals surface area contributed by atoms with Gasteiger partial charge in [0.15, 0.2) is 0 Å². The molecular formula is C29H44O4. The number of ketones is 1. The summed E-state index contributed by atoms with van der Waals surface area (Å²) in [5, 5.41) is 30.8. The molecule has 4 aliphatic rings. The van der Waals surface area contributed by atoms with E-state index in [0.29, 0.717) is 31.1 Å². The second kappa shape index (κ2) is 9.09. The van der Waals surface area contributed by atoms with E-state index in [1.807, 2.05) is 6.08 Å². The summed E-state index contributed by atoms with van der Waals surface area (Å²) in [5.41, 5.74) is 2.35. The molecule has 0 heterocycles. The molecule has 0 bridgehead atoms. The number of hydrogen-bond donors (Lipinski definition) is 3. The van der Waals surface area contributed by atoms with Crippen LogP contribution in [0.2, 0.25) is 0 Å². The number of hydrogen-bond acceptors (Lipinski definition) is 4. The molecule has 4 fully saturated rings. The van der Waals surface area contributed by atoms with Crippen LogP contribution in [0.3, 0.4) is 0 Å². The number of carbonyl (C=O) groups excluding carboxylic acids is 1. The van der Waals surface area contributed by atoms with Crippen LogP contribution in [0.1, 0.15) is 91.9 Å². The first kappa shape index (κ1) is 24.9. The van der Waals surface area contributed by atoms with Gasteiger partial charge in [-0.2, -0.15) is 0 Å². The van der Waals surface area contributed by atoms with Crippen molar-refractivity contribution in [2.24, 2.45) is 28.1 Å². The van der Waals surface area contributed by atoms with Crippen molar-refractivity contribution in [3.8, 4) is 0 Å². The van der Waals surface area contributed by atoms with E-state index in [1.54, 1.807) is 6.92 Å². The standard InChI is InChI=1S/C29H44O4/c1-19(30)29(14-15-29)26(33)11-13-27(2,3)25-10-9-24-21(6-5-12-28(24,25)4)8-7-20-16-22(31)18-23(32)17-20/h7-8,11,13,22-26,31-33H,5-6,9-10,12,14-18H2,1-4H3/b13-11+,21-8+/t22-,23-,24+,25-,26-,28+/m1/s1. The second-order valence-electron chi connectivity index (χ2n) is 12.4. The van der Waals surface area contributed by atoms with Gasteiger partial charge < -0.3 is 15.3 Å². The van der Waals surface area contributed by atoms with Crippen LogP contribution in [0, 0.1) is 28.1 Å². The minimum Gasteiger partial charge on any atom is -0.393 e. The Hall–Kier alpha value is -1.23. The third-order valence-corrected chi connectivity index (χ3v) is 9.70. The summed E-state index contributed by atoms with van der Waals surface area (Å²) in [5.74, 6) is 1.20. The Morgan fingerprint density at radius 3 is 2.36 bits per heavy atom. The number of fused-ring (bicyclic) bond motifs is 1. The van der Waals surface area contributed by atoms with Crippen LogP contribution < -0.4 is 0 Å². The Morgan fingerprint density at radius 2 is 1.76 bits per heavy atom. The quantitative estimate of drug-likeness (QED) is 0.476. The number of aliphatic hydroxyl groups excluding tert-OH is 3. The zero-order valence-electron chi connectivity index (χ0n) is 21.0. The number of carbonyl (C=O) groups is 1.